The van der Waals surface area contributed by atoms with Gasteiger partial charge in [-0.1, -0.05) is 30.3 Å². The molecule has 7 nitrogen and oxygen atoms in total. The fourth-order valence-corrected chi connectivity index (χ4v) is 4.76. The third kappa shape index (κ3) is 6.85. The van der Waals surface area contributed by atoms with Crippen LogP contribution in [-0.4, -0.2) is 26.6 Å². The number of hydrogen-bond donors (Lipinski definition) is 2. The third-order valence-corrected chi connectivity index (χ3v) is 6.52. The molecule has 36 heavy (non-hydrogen) atoms. The van der Waals surface area contributed by atoms with E-state index >= 15 is 0 Å². The fourth-order valence-electron chi connectivity index (χ4n) is 3.77. The second-order valence-electron chi connectivity index (χ2n) is 8.06. The van der Waals surface area contributed by atoms with Crippen LogP contribution in [0.3, 0.4) is 0 Å². The van der Waals surface area contributed by atoms with E-state index in [2.05, 4.69) is 10.1 Å². The van der Waals surface area contributed by atoms with Gasteiger partial charge in [0.1, 0.15) is 5.75 Å². The molecule has 11 heteroatoms. The van der Waals surface area contributed by atoms with Gasteiger partial charge in [-0.05, 0) is 66.4 Å². The van der Waals surface area contributed by atoms with Gasteiger partial charge < -0.3 is 10.1 Å². The lowest BCUT2D eigenvalue weighted by atomic mass is 9.94. The molecule has 0 bridgehead atoms. The molecule has 0 atom stereocenters. The van der Waals surface area contributed by atoms with Crippen LogP contribution in [0.15, 0.2) is 65.6 Å². The van der Waals surface area contributed by atoms with E-state index in [1.54, 1.807) is 32.0 Å². The van der Waals surface area contributed by atoms with Crippen molar-refractivity contribution in [3.05, 3.63) is 77.4 Å². The third-order valence-electron chi connectivity index (χ3n) is 5.07. The molecule has 3 aromatic rings. The average molecular weight is 521 g/mol. The van der Waals surface area contributed by atoms with E-state index in [0.29, 0.717) is 27.9 Å². The number of sulfonamides is 1. The number of rotatable bonds is 7. The summed E-state index contributed by atoms with van der Waals surface area (Å²) in [6, 6.07) is 14.6. The molecule has 0 heterocycles. The average Bonchev–Trinajstić information content (AvgIpc) is 2.73. The highest BCUT2D eigenvalue weighted by Crippen LogP contribution is 2.38. The summed E-state index contributed by atoms with van der Waals surface area (Å²) in [4.78, 5) is 23.5. The van der Waals surface area contributed by atoms with Gasteiger partial charge >= 0.3 is 6.36 Å². The van der Waals surface area contributed by atoms with Crippen LogP contribution in [0.5, 0.6) is 5.75 Å². The van der Waals surface area contributed by atoms with E-state index < -0.39 is 22.3 Å². The number of ether oxygens (including phenoxy) is 1. The predicted octanol–water partition coefficient (Wildman–Crippen LogP) is 4.88. The smallest absolute Gasteiger partial charge is 0.405 e. The Bertz CT molecular complexity index is 1380. The number of benzene rings is 3. The Hall–Kier alpha value is -3.86. The predicted molar refractivity (Wildman–Crippen MR) is 128 cm³/mol. The second kappa shape index (κ2) is 10.4. The first-order chi connectivity index (χ1) is 16.7. The van der Waals surface area contributed by atoms with E-state index in [1.165, 1.54) is 42.5 Å². The Kier molecular flexibility index (Phi) is 7.73. The molecular formula is C25H23F3N2O5S. The topological polar surface area (TPSA) is 102 Å². The van der Waals surface area contributed by atoms with Crippen molar-refractivity contribution in [2.75, 3.05) is 5.32 Å². The second-order valence-corrected chi connectivity index (χ2v) is 9.74. The zero-order valence-electron chi connectivity index (χ0n) is 19.6. The van der Waals surface area contributed by atoms with Crippen molar-refractivity contribution in [2.24, 2.45) is 0 Å². The summed E-state index contributed by atoms with van der Waals surface area (Å²) in [5.41, 5.74) is 3.10. The van der Waals surface area contributed by atoms with Gasteiger partial charge in [-0.2, -0.15) is 0 Å². The van der Waals surface area contributed by atoms with Crippen LogP contribution in [0.2, 0.25) is 0 Å². The highest BCUT2D eigenvalue weighted by Gasteiger charge is 2.32. The molecule has 0 aliphatic rings. The van der Waals surface area contributed by atoms with Gasteiger partial charge in [0.25, 0.3) is 10.0 Å². The highest BCUT2D eigenvalue weighted by atomic mass is 32.2. The van der Waals surface area contributed by atoms with Crippen LogP contribution in [0.4, 0.5) is 18.9 Å². The molecule has 0 saturated heterocycles. The van der Waals surface area contributed by atoms with Gasteiger partial charge in [-0.15, -0.1) is 13.2 Å². The normalized spacial score (nSPS) is 11.6. The SMILES string of the molecule is CC(=O)NS(=O)(=O)c1ccc(CC(=O)Nc2cc(C)c(-c3ccccc3OC(F)(F)F)c(C)c2)cc1. The minimum atomic E-state index is -4.84. The molecule has 2 N–H and O–H groups in total. The lowest BCUT2D eigenvalue weighted by Crippen LogP contribution is -2.28. The Morgan fingerprint density at radius 1 is 0.944 bits per heavy atom. The van der Waals surface area contributed by atoms with Crippen LogP contribution in [-0.2, 0) is 26.0 Å². The summed E-state index contributed by atoms with van der Waals surface area (Å²) in [5.74, 6) is -1.41. The van der Waals surface area contributed by atoms with Gasteiger partial charge in [0.2, 0.25) is 11.8 Å². The first-order valence-corrected chi connectivity index (χ1v) is 12.1. The van der Waals surface area contributed by atoms with Crippen molar-refractivity contribution < 1.29 is 35.9 Å². The molecular weight excluding hydrogens is 497 g/mol. The number of amides is 2. The van der Waals surface area contributed by atoms with E-state index in [-0.39, 0.29) is 28.5 Å². The number of hydrogen-bond acceptors (Lipinski definition) is 5. The fraction of sp³-hybridized carbons (Fsp3) is 0.200. The maximum absolute atomic E-state index is 12.8. The Labute approximate surface area is 206 Å². The number of nitrogens with one attached hydrogen (secondary N) is 2. The summed E-state index contributed by atoms with van der Waals surface area (Å²) in [7, 11) is -3.97. The number of halogens is 3. The Morgan fingerprint density at radius 2 is 1.53 bits per heavy atom. The molecule has 0 radical (unpaired) electrons. The number of carbonyl (C=O) groups is 2. The first-order valence-electron chi connectivity index (χ1n) is 10.6. The van der Waals surface area contributed by atoms with Crippen LogP contribution in [0.25, 0.3) is 11.1 Å². The van der Waals surface area contributed by atoms with Crippen molar-refractivity contribution in [2.45, 2.75) is 38.4 Å². The summed E-state index contributed by atoms with van der Waals surface area (Å²) >= 11 is 0. The van der Waals surface area contributed by atoms with Crippen molar-refractivity contribution in [1.82, 2.24) is 4.72 Å². The minimum absolute atomic E-state index is 0.0530. The molecule has 0 spiro atoms. The summed E-state index contributed by atoms with van der Waals surface area (Å²) in [6.45, 7) is 4.52. The van der Waals surface area contributed by atoms with Gasteiger partial charge in [0, 0.05) is 18.2 Å². The number of alkyl halides is 3. The number of para-hydroxylation sites is 1. The van der Waals surface area contributed by atoms with Crippen LogP contribution in [0, 0.1) is 13.8 Å². The molecule has 3 aromatic carbocycles. The molecule has 3 rings (SSSR count). The summed E-state index contributed by atoms with van der Waals surface area (Å²) < 4.78 is 68.6. The van der Waals surface area contributed by atoms with Crippen molar-refractivity contribution in [3.63, 3.8) is 0 Å². The van der Waals surface area contributed by atoms with E-state index in [1.807, 2.05) is 4.72 Å². The van der Waals surface area contributed by atoms with Crippen molar-refractivity contribution >= 4 is 27.5 Å². The van der Waals surface area contributed by atoms with Crippen LogP contribution in [0.1, 0.15) is 23.6 Å². The maximum Gasteiger partial charge on any atom is 0.573 e. The lowest BCUT2D eigenvalue weighted by molar-refractivity contribution is -0.274. The largest absolute Gasteiger partial charge is 0.573 e. The standard InChI is InChI=1S/C25H23F3N2O5S/c1-15-12-19(13-16(2)24(15)21-6-4-5-7-22(21)35-25(26,27)28)29-23(32)14-18-8-10-20(11-9-18)36(33,34)30-17(3)31/h4-13H,14H2,1-3H3,(H,29,32)(H,30,31). The van der Waals surface area contributed by atoms with E-state index in [0.717, 1.165) is 6.92 Å². The first kappa shape index (κ1) is 26.7. The van der Waals surface area contributed by atoms with Crippen molar-refractivity contribution in [1.29, 1.82) is 0 Å². The van der Waals surface area contributed by atoms with Gasteiger partial charge in [-0.3, -0.25) is 9.59 Å². The molecule has 0 saturated carbocycles. The molecule has 0 aliphatic carbocycles. The number of anilines is 1. The number of carbonyl (C=O) groups excluding carboxylic acids is 2. The highest BCUT2D eigenvalue weighted by molar-refractivity contribution is 7.90. The molecule has 0 unspecified atom stereocenters. The number of aryl methyl sites for hydroxylation is 2. The van der Waals surface area contributed by atoms with E-state index in [4.69, 9.17) is 0 Å². The van der Waals surface area contributed by atoms with Gasteiger partial charge in [-0.25, -0.2) is 13.1 Å². The van der Waals surface area contributed by atoms with Crippen LogP contribution < -0.4 is 14.8 Å². The monoisotopic (exact) mass is 520 g/mol. The molecule has 190 valence electrons. The molecule has 0 aromatic heterocycles. The lowest BCUT2D eigenvalue weighted by Gasteiger charge is -2.18. The molecule has 0 aliphatic heterocycles. The Morgan fingerprint density at radius 3 is 2.08 bits per heavy atom. The zero-order chi connectivity index (χ0) is 26.7. The maximum atomic E-state index is 12.8. The quantitative estimate of drug-likeness (QED) is 0.463. The molecule has 0 fully saturated rings. The minimum Gasteiger partial charge on any atom is -0.405 e. The molecule has 2 amide bonds. The Balaban J connectivity index is 1.77. The van der Waals surface area contributed by atoms with Gasteiger partial charge in [0.05, 0.1) is 11.3 Å². The van der Waals surface area contributed by atoms with Crippen molar-refractivity contribution in [3.8, 4) is 16.9 Å². The zero-order valence-corrected chi connectivity index (χ0v) is 20.4. The van der Waals surface area contributed by atoms with Gasteiger partial charge in [0.15, 0.2) is 0 Å². The van der Waals surface area contributed by atoms with E-state index in [9.17, 15) is 31.2 Å². The van der Waals surface area contributed by atoms with Crippen LogP contribution >= 0.6 is 0 Å². The summed E-state index contributed by atoms with van der Waals surface area (Å²) in [6.07, 6.45) is -4.89. The summed E-state index contributed by atoms with van der Waals surface area (Å²) in [5, 5.41) is 2.75.